The number of aryl methyl sites for hydroxylation is 2. The average Bonchev–Trinajstić information content (AvgIpc) is 3.11. The van der Waals surface area contributed by atoms with E-state index in [-0.39, 0.29) is 5.91 Å². The van der Waals surface area contributed by atoms with Gasteiger partial charge in [-0.25, -0.2) is 0 Å². The molecular formula is C21H27N5OS. The van der Waals surface area contributed by atoms with Crippen molar-refractivity contribution in [3.05, 3.63) is 29.3 Å². The smallest absolute Gasteiger partial charge is 0.228 e. The summed E-state index contributed by atoms with van der Waals surface area (Å²) in [5.74, 6) is 1.83. The summed E-state index contributed by atoms with van der Waals surface area (Å²) in [6.45, 7) is 2.16. The highest BCUT2D eigenvalue weighted by molar-refractivity contribution is 7.99. The predicted octanol–water partition coefficient (Wildman–Crippen LogP) is 3.82. The number of aromatic nitrogens is 3. The maximum Gasteiger partial charge on any atom is 0.228 e. The van der Waals surface area contributed by atoms with Gasteiger partial charge in [0.05, 0.1) is 0 Å². The first-order valence-electron chi connectivity index (χ1n) is 10.5. The normalized spacial score (nSPS) is 18.5. The number of thioether (sulfide) groups is 1. The van der Waals surface area contributed by atoms with Crippen molar-refractivity contribution >= 4 is 29.3 Å². The van der Waals surface area contributed by atoms with Crippen molar-refractivity contribution in [2.24, 2.45) is 0 Å². The van der Waals surface area contributed by atoms with Gasteiger partial charge < -0.3 is 10.2 Å². The molecule has 1 aromatic carbocycles. The van der Waals surface area contributed by atoms with Gasteiger partial charge in [0.2, 0.25) is 11.9 Å². The van der Waals surface area contributed by atoms with Crippen LogP contribution in [0.15, 0.2) is 23.4 Å². The summed E-state index contributed by atoms with van der Waals surface area (Å²) in [5, 5.41) is 12.9. The molecule has 1 saturated carbocycles. The molecule has 2 heterocycles. The average molecular weight is 398 g/mol. The lowest BCUT2D eigenvalue weighted by Crippen LogP contribution is -2.22. The van der Waals surface area contributed by atoms with Gasteiger partial charge in [0.25, 0.3) is 0 Å². The Morgan fingerprint density at radius 1 is 1.11 bits per heavy atom. The Balaban J connectivity index is 1.17. The van der Waals surface area contributed by atoms with Gasteiger partial charge in [0, 0.05) is 37.0 Å². The van der Waals surface area contributed by atoms with Gasteiger partial charge >= 0.3 is 0 Å². The van der Waals surface area contributed by atoms with E-state index in [0.29, 0.717) is 12.5 Å². The first-order valence-corrected chi connectivity index (χ1v) is 11.5. The van der Waals surface area contributed by atoms with E-state index in [1.54, 1.807) is 11.8 Å². The topological polar surface area (TPSA) is 63.1 Å². The number of nitrogens with zero attached hydrogens (tertiary/aromatic N) is 4. The van der Waals surface area contributed by atoms with Crippen molar-refractivity contribution in [3.63, 3.8) is 0 Å². The number of nitrogens with one attached hydrogen (secondary N) is 1. The fourth-order valence-corrected chi connectivity index (χ4v) is 5.20. The van der Waals surface area contributed by atoms with E-state index in [9.17, 15) is 4.79 Å². The zero-order chi connectivity index (χ0) is 18.9. The summed E-state index contributed by atoms with van der Waals surface area (Å²) >= 11 is 1.66. The van der Waals surface area contributed by atoms with Crippen molar-refractivity contribution in [2.75, 3.05) is 29.1 Å². The van der Waals surface area contributed by atoms with Crippen molar-refractivity contribution in [1.82, 2.24) is 14.8 Å². The second-order valence-electron chi connectivity index (χ2n) is 8.06. The summed E-state index contributed by atoms with van der Waals surface area (Å²) in [4.78, 5) is 14.7. The third kappa shape index (κ3) is 3.77. The van der Waals surface area contributed by atoms with Crippen LogP contribution in [0, 0.1) is 0 Å². The number of carbonyl (C=O) groups excluding carboxylic acids is 1. The lowest BCUT2D eigenvalue weighted by Gasteiger charge is -2.17. The molecule has 1 aromatic heterocycles. The fourth-order valence-electron chi connectivity index (χ4n) is 4.26. The third-order valence-corrected chi connectivity index (χ3v) is 6.83. The van der Waals surface area contributed by atoms with Gasteiger partial charge in [-0.2, -0.15) is 0 Å². The van der Waals surface area contributed by atoms with Crippen molar-refractivity contribution in [2.45, 2.75) is 62.6 Å². The zero-order valence-corrected chi connectivity index (χ0v) is 17.0. The third-order valence-electron chi connectivity index (χ3n) is 5.89. The van der Waals surface area contributed by atoms with Gasteiger partial charge in [-0.05, 0) is 68.2 Å². The van der Waals surface area contributed by atoms with Crippen LogP contribution in [-0.4, -0.2) is 39.5 Å². The second kappa shape index (κ2) is 7.78. The van der Waals surface area contributed by atoms with Gasteiger partial charge in [0.1, 0.15) is 0 Å². The minimum Gasteiger partial charge on any atom is -0.341 e. The monoisotopic (exact) mass is 397 g/mol. The summed E-state index contributed by atoms with van der Waals surface area (Å²) in [6.07, 6.45) is 8.91. The van der Waals surface area contributed by atoms with Gasteiger partial charge in [0.15, 0.2) is 5.16 Å². The summed E-state index contributed by atoms with van der Waals surface area (Å²) in [6, 6.07) is 6.87. The zero-order valence-electron chi connectivity index (χ0n) is 16.2. The number of amides is 1. The SMILES string of the molecule is O=C(CCSc1nnc(N2CCCC2)n1C1CC1)Nc1ccc2c(c1)CCC2. The van der Waals surface area contributed by atoms with Crippen LogP contribution in [0.3, 0.4) is 0 Å². The Hall–Kier alpha value is -2.02. The molecule has 2 fully saturated rings. The van der Waals surface area contributed by atoms with E-state index in [1.165, 1.54) is 49.7 Å². The van der Waals surface area contributed by atoms with Gasteiger partial charge in [-0.15, -0.1) is 10.2 Å². The maximum atomic E-state index is 12.4. The highest BCUT2D eigenvalue weighted by Gasteiger charge is 2.32. The first-order chi connectivity index (χ1) is 13.8. The molecule has 1 amide bonds. The number of anilines is 2. The van der Waals surface area contributed by atoms with Crippen molar-refractivity contribution < 1.29 is 4.79 Å². The molecule has 148 valence electrons. The molecule has 7 heteroatoms. The molecule has 0 atom stereocenters. The quantitative estimate of drug-likeness (QED) is 0.720. The van der Waals surface area contributed by atoms with E-state index in [4.69, 9.17) is 0 Å². The number of rotatable bonds is 7. The van der Waals surface area contributed by atoms with Crippen LogP contribution < -0.4 is 10.2 Å². The van der Waals surface area contributed by atoms with Gasteiger partial charge in [-0.3, -0.25) is 9.36 Å². The lowest BCUT2D eigenvalue weighted by atomic mass is 10.1. The molecule has 28 heavy (non-hydrogen) atoms. The fraction of sp³-hybridized carbons (Fsp3) is 0.571. The molecule has 2 aromatic rings. The van der Waals surface area contributed by atoms with E-state index in [0.717, 1.165) is 42.1 Å². The molecule has 0 radical (unpaired) electrons. The van der Waals surface area contributed by atoms with Crippen LogP contribution in [0.4, 0.5) is 11.6 Å². The van der Waals surface area contributed by atoms with E-state index in [2.05, 4.69) is 37.1 Å². The minimum absolute atomic E-state index is 0.0719. The predicted molar refractivity (Wildman–Crippen MR) is 112 cm³/mol. The number of benzene rings is 1. The Morgan fingerprint density at radius 2 is 1.93 bits per heavy atom. The largest absolute Gasteiger partial charge is 0.341 e. The standard InChI is InChI=1S/C21H27N5OS/c27-19(22-17-7-6-15-4-3-5-16(15)14-17)10-13-28-21-24-23-20(25-11-1-2-12-25)26(21)18-8-9-18/h6-7,14,18H,1-5,8-13H2,(H,22,27). The van der Waals surface area contributed by atoms with Crippen LogP contribution in [-0.2, 0) is 17.6 Å². The first kappa shape index (κ1) is 18.0. The van der Waals surface area contributed by atoms with Crippen molar-refractivity contribution in [1.29, 1.82) is 0 Å². The molecule has 0 unspecified atom stereocenters. The molecule has 0 bridgehead atoms. The molecular weight excluding hydrogens is 370 g/mol. The molecule has 0 spiro atoms. The van der Waals surface area contributed by atoms with Crippen LogP contribution in [0.5, 0.6) is 0 Å². The van der Waals surface area contributed by atoms with Crippen LogP contribution in [0.25, 0.3) is 0 Å². The van der Waals surface area contributed by atoms with Crippen LogP contribution >= 0.6 is 11.8 Å². The molecule has 1 N–H and O–H groups in total. The Bertz CT molecular complexity index is 870. The van der Waals surface area contributed by atoms with Crippen LogP contribution in [0.2, 0.25) is 0 Å². The molecule has 3 aliphatic rings. The lowest BCUT2D eigenvalue weighted by molar-refractivity contribution is -0.115. The highest BCUT2D eigenvalue weighted by Crippen LogP contribution is 2.41. The Morgan fingerprint density at radius 3 is 2.75 bits per heavy atom. The van der Waals surface area contributed by atoms with E-state index in [1.807, 2.05) is 6.07 Å². The number of fused-ring (bicyclic) bond motifs is 1. The van der Waals surface area contributed by atoms with E-state index >= 15 is 0 Å². The summed E-state index contributed by atoms with van der Waals surface area (Å²) < 4.78 is 2.31. The molecule has 2 aliphatic carbocycles. The molecule has 1 saturated heterocycles. The van der Waals surface area contributed by atoms with Crippen molar-refractivity contribution in [3.8, 4) is 0 Å². The molecule has 1 aliphatic heterocycles. The number of hydrogen-bond acceptors (Lipinski definition) is 5. The minimum atomic E-state index is 0.0719. The van der Waals surface area contributed by atoms with Gasteiger partial charge in [-0.1, -0.05) is 17.8 Å². The molecule has 5 rings (SSSR count). The molecule has 6 nitrogen and oxygen atoms in total. The summed E-state index contributed by atoms with van der Waals surface area (Å²) in [5.41, 5.74) is 3.74. The van der Waals surface area contributed by atoms with E-state index < -0.39 is 0 Å². The number of hydrogen-bond donors (Lipinski definition) is 1. The Kier molecular flexibility index (Phi) is 5.01. The maximum absolute atomic E-state index is 12.4. The van der Waals surface area contributed by atoms with Crippen LogP contribution in [0.1, 0.15) is 55.7 Å². The highest BCUT2D eigenvalue weighted by atomic mass is 32.2. The number of carbonyl (C=O) groups is 1. The Labute approximate surface area is 170 Å². The second-order valence-corrected chi connectivity index (χ2v) is 9.12. The summed E-state index contributed by atoms with van der Waals surface area (Å²) in [7, 11) is 0.